The van der Waals surface area contributed by atoms with Crippen LogP contribution in [0, 0.1) is 0 Å². The maximum atomic E-state index is 11.8. The summed E-state index contributed by atoms with van der Waals surface area (Å²) in [5.41, 5.74) is 4.82. The second-order valence-corrected chi connectivity index (χ2v) is 5.00. The molecule has 1 aromatic carbocycles. The molecule has 0 fully saturated rings. The van der Waals surface area contributed by atoms with Gasteiger partial charge >= 0.3 is 6.09 Å². The van der Waals surface area contributed by atoms with Gasteiger partial charge in [-0.25, -0.2) is 10.2 Å². The van der Waals surface area contributed by atoms with Crippen LogP contribution in [-0.2, 0) is 17.8 Å². The van der Waals surface area contributed by atoms with E-state index in [4.69, 9.17) is 4.74 Å². The number of hydrogen-bond acceptors (Lipinski definition) is 2. The molecule has 2 rings (SSSR count). The summed E-state index contributed by atoms with van der Waals surface area (Å²) in [6.45, 7) is 2.46. The van der Waals surface area contributed by atoms with Crippen LogP contribution in [0.4, 0.5) is 4.79 Å². The van der Waals surface area contributed by atoms with E-state index in [1.807, 2.05) is 48.7 Å². The topological polar surface area (TPSA) is 43.3 Å². The van der Waals surface area contributed by atoms with Crippen LogP contribution < -0.4 is 5.43 Å². The van der Waals surface area contributed by atoms with E-state index >= 15 is 0 Å². The van der Waals surface area contributed by atoms with Crippen LogP contribution in [0.2, 0.25) is 0 Å². The molecular formula is C17H22N2O2. The summed E-state index contributed by atoms with van der Waals surface area (Å²) >= 11 is 0. The Morgan fingerprint density at radius 1 is 1.14 bits per heavy atom. The number of benzene rings is 1. The fourth-order valence-corrected chi connectivity index (χ4v) is 2.14. The van der Waals surface area contributed by atoms with Gasteiger partial charge < -0.3 is 4.74 Å². The molecule has 4 nitrogen and oxygen atoms in total. The van der Waals surface area contributed by atoms with Gasteiger partial charge in [0.25, 0.3) is 0 Å². The lowest BCUT2D eigenvalue weighted by atomic mass is 10.2. The van der Waals surface area contributed by atoms with E-state index in [1.165, 1.54) is 12.8 Å². The van der Waals surface area contributed by atoms with Gasteiger partial charge in [0.15, 0.2) is 0 Å². The van der Waals surface area contributed by atoms with E-state index < -0.39 is 6.09 Å². The minimum atomic E-state index is -0.438. The highest BCUT2D eigenvalue weighted by Gasteiger charge is 2.06. The predicted octanol–water partition coefficient (Wildman–Crippen LogP) is 4.10. The molecule has 0 unspecified atom stereocenters. The fourth-order valence-electron chi connectivity index (χ4n) is 2.14. The molecule has 0 bridgehead atoms. The van der Waals surface area contributed by atoms with Crippen molar-refractivity contribution in [1.82, 2.24) is 4.68 Å². The summed E-state index contributed by atoms with van der Waals surface area (Å²) in [5, 5.41) is 0. The van der Waals surface area contributed by atoms with E-state index in [9.17, 15) is 4.79 Å². The van der Waals surface area contributed by atoms with Crippen molar-refractivity contribution in [2.24, 2.45) is 0 Å². The maximum Gasteiger partial charge on any atom is 0.426 e. The summed E-state index contributed by atoms with van der Waals surface area (Å²) in [4.78, 5) is 11.8. The average Bonchev–Trinajstić information content (AvgIpc) is 2.94. The van der Waals surface area contributed by atoms with Crippen LogP contribution in [0.3, 0.4) is 0 Å². The number of nitrogens with one attached hydrogen (secondary N) is 1. The van der Waals surface area contributed by atoms with Crippen LogP contribution in [0.15, 0.2) is 48.7 Å². The second kappa shape index (κ2) is 8.15. The van der Waals surface area contributed by atoms with Crippen LogP contribution in [0.25, 0.3) is 0 Å². The maximum absolute atomic E-state index is 11.8. The molecule has 0 aliphatic rings. The van der Waals surface area contributed by atoms with Crippen molar-refractivity contribution in [3.05, 3.63) is 59.9 Å². The number of hydrogen-bond donors (Lipinski definition) is 1. The van der Waals surface area contributed by atoms with Gasteiger partial charge in [-0.05, 0) is 30.5 Å². The van der Waals surface area contributed by atoms with Gasteiger partial charge in [0.05, 0.1) is 0 Å². The number of carbonyl (C=O) groups is 1. The summed E-state index contributed by atoms with van der Waals surface area (Å²) < 4.78 is 6.95. The molecule has 4 heteroatoms. The number of carbonyl (C=O) groups excluding carboxylic acids is 1. The van der Waals surface area contributed by atoms with Crippen molar-refractivity contribution in [2.75, 3.05) is 5.43 Å². The van der Waals surface area contributed by atoms with Crippen molar-refractivity contribution >= 4 is 6.09 Å². The van der Waals surface area contributed by atoms with Crippen molar-refractivity contribution < 1.29 is 9.53 Å². The van der Waals surface area contributed by atoms with Gasteiger partial charge in [-0.1, -0.05) is 50.1 Å². The number of ether oxygens (including phenoxy) is 1. The summed E-state index contributed by atoms with van der Waals surface area (Å²) in [7, 11) is 0. The van der Waals surface area contributed by atoms with Gasteiger partial charge in [-0.2, -0.15) is 0 Å². The Morgan fingerprint density at radius 3 is 2.71 bits per heavy atom. The molecule has 0 aliphatic carbocycles. The standard InChI is InChI=1S/C17H22N2O2/c1-2-3-5-11-16-12-8-13-19(16)18-17(20)21-14-15-9-6-4-7-10-15/h4,6-10,12-13H,2-3,5,11,14H2,1H3,(H,18,20). The van der Waals surface area contributed by atoms with E-state index in [1.54, 1.807) is 4.68 Å². The lowest BCUT2D eigenvalue weighted by molar-refractivity contribution is 0.151. The Balaban J connectivity index is 1.81. The monoisotopic (exact) mass is 286 g/mol. The SMILES string of the molecule is CCCCCc1cccn1NC(=O)OCc1ccccc1. The van der Waals surface area contributed by atoms with Crippen molar-refractivity contribution in [3.8, 4) is 0 Å². The summed E-state index contributed by atoms with van der Waals surface area (Å²) in [6, 6.07) is 13.6. The molecular weight excluding hydrogens is 264 g/mol. The largest absolute Gasteiger partial charge is 0.443 e. The van der Waals surface area contributed by atoms with Gasteiger partial charge in [0, 0.05) is 11.9 Å². The molecule has 1 N–H and O–H groups in total. The number of unbranched alkanes of at least 4 members (excludes halogenated alkanes) is 2. The second-order valence-electron chi connectivity index (χ2n) is 5.00. The first kappa shape index (κ1) is 15.2. The van der Waals surface area contributed by atoms with Gasteiger partial charge in [-0.15, -0.1) is 0 Å². The quantitative estimate of drug-likeness (QED) is 0.779. The molecule has 21 heavy (non-hydrogen) atoms. The smallest absolute Gasteiger partial charge is 0.426 e. The molecule has 1 aromatic heterocycles. The first-order valence-electron chi connectivity index (χ1n) is 7.43. The minimum absolute atomic E-state index is 0.277. The molecule has 1 amide bonds. The number of aryl methyl sites for hydroxylation is 1. The van der Waals surface area contributed by atoms with Crippen LogP contribution in [-0.4, -0.2) is 10.8 Å². The van der Waals surface area contributed by atoms with Crippen LogP contribution in [0.1, 0.15) is 37.4 Å². The molecule has 2 aromatic rings. The van der Waals surface area contributed by atoms with Crippen molar-refractivity contribution in [3.63, 3.8) is 0 Å². The zero-order valence-electron chi connectivity index (χ0n) is 12.4. The number of rotatable bonds is 7. The average molecular weight is 286 g/mol. The first-order valence-corrected chi connectivity index (χ1v) is 7.43. The van der Waals surface area contributed by atoms with Crippen LogP contribution in [0.5, 0.6) is 0 Å². The van der Waals surface area contributed by atoms with E-state index in [-0.39, 0.29) is 6.61 Å². The first-order chi connectivity index (χ1) is 10.3. The molecule has 0 saturated heterocycles. The predicted molar refractivity (Wildman–Crippen MR) is 83.6 cm³/mol. The van der Waals surface area contributed by atoms with Gasteiger partial charge in [0.2, 0.25) is 0 Å². The third-order valence-electron chi connectivity index (χ3n) is 3.29. The van der Waals surface area contributed by atoms with Crippen molar-refractivity contribution in [2.45, 2.75) is 39.2 Å². The molecule has 0 aliphatic heterocycles. The van der Waals surface area contributed by atoms with Crippen LogP contribution >= 0.6 is 0 Å². The number of amides is 1. The molecule has 0 saturated carbocycles. The zero-order valence-corrected chi connectivity index (χ0v) is 12.4. The highest BCUT2D eigenvalue weighted by Crippen LogP contribution is 2.07. The van der Waals surface area contributed by atoms with E-state index in [0.29, 0.717) is 0 Å². The third kappa shape index (κ3) is 4.99. The Hall–Kier alpha value is -2.23. The Bertz CT molecular complexity index is 549. The third-order valence-corrected chi connectivity index (χ3v) is 3.29. The highest BCUT2D eigenvalue weighted by molar-refractivity contribution is 5.75. The lowest BCUT2D eigenvalue weighted by Crippen LogP contribution is -2.24. The normalized spacial score (nSPS) is 10.3. The minimum Gasteiger partial charge on any atom is -0.443 e. The number of aromatic nitrogens is 1. The molecule has 0 atom stereocenters. The molecule has 0 radical (unpaired) electrons. The fraction of sp³-hybridized carbons (Fsp3) is 0.353. The van der Waals surface area contributed by atoms with E-state index in [0.717, 1.165) is 24.1 Å². The summed E-state index contributed by atoms with van der Waals surface area (Å²) in [5.74, 6) is 0. The molecule has 1 heterocycles. The Morgan fingerprint density at radius 2 is 1.95 bits per heavy atom. The highest BCUT2D eigenvalue weighted by atomic mass is 16.6. The van der Waals surface area contributed by atoms with Crippen molar-refractivity contribution in [1.29, 1.82) is 0 Å². The number of nitrogens with zero attached hydrogens (tertiary/aromatic N) is 1. The lowest BCUT2D eigenvalue weighted by Gasteiger charge is -2.11. The molecule has 112 valence electrons. The van der Waals surface area contributed by atoms with Gasteiger partial charge in [0.1, 0.15) is 6.61 Å². The Labute approximate surface area is 125 Å². The van der Waals surface area contributed by atoms with Gasteiger partial charge in [-0.3, -0.25) is 4.68 Å². The Kier molecular flexibility index (Phi) is 5.88. The summed E-state index contributed by atoms with van der Waals surface area (Å²) in [6.07, 6.45) is 5.87. The molecule has 0 spiro atoms. The van der Waals surface area contributed by atoms with E-state index in [2.05, 4.69) is 12.3 Å². The zero-order chi connectivity index (χ0) is 14.9.